The van der Waals surface area contributed by atoms with E-state index >= 15 is 0 Å². The Morgan fingerprint density at radius 2 is 2.07 bits per heavy atom. The topological polar surface area (TPSA) is 63.3 Å². The maximum atomic E-state index is 12.6. The Morgan fingerprint density at radius 1 is 1.30 bits per heavy atom. The molecule has 6 nitrogen and oxygen atoms in total. The monoisotopic (exact) mass is 366 g/mol. The Hall–Kier alpha value is -2.76. The third-order valence-corrected chi connectivity index (χ3v) is 5.55. The molecule has 0 atom stereocenters. The lowest BCUT2D eigenvalue weighted by molar-refractivity contribution is 0.181. The van der Waals surface area contributed by atoms with E-state index in [0.717, 1.165) is 54.8 Å². The lowest BCUT2D eigenvalue weighted by Crippen LogP contribution is -2.43. The largest absolute Gasteiger partial charge is 0.461 e. The number of para-hydroxylation sites is 1. The van der Waals surface area contributed by atoms with E-state index in [0.29, 0.717) is 12.5 Å². The molecule has 6 heteroatoms. The van der Waals surface area contributed by atoms with Crippen molar-refractivity contribution >= 4 is 17.0 Å². The van der Waals surface area contributed by atoms with Gasteiger partial charge < -0.3 is 14.6 Å². The molecular formula is C21H26N4O2. The van der Waals surface area contributed by atoms with Gasteiger partial charge in [0.2, 0.25) is 0 Å². The molecule has 0 spiro atoms. The van der Waals surface area contributed by atoms with Crippen LogP contribution < -0.4 is 5.32 Å². The van der Waals surface area contributed by atoms with Gasteiger partial charge in [0.05, 0.1) is 6.20 Å². The van der Waals surface area contributed by atoms with E-state index < -0.39 is 0 Å². The van der Waals surface area contributed by atoms with Crippen LogP contribution in [0, 0.1) is 6.92 Å². The normalized spacial score (nSPS) is 15.4. The predicted octanol–water partition coefficient (Wildman–Crippen LogP) is 4.05. The lowest BCUT2D eigenvalue weighted by atomic mass is 9.92. The molecule has 3 aromatic rings. The van der Waals surface area contributed by atoms with Crippen molar-refractivity contribution in [1.82, 2.24) is 20.0 Å². The lowest BCUT2D eigenvalue weighted by Gasteiger charge is -2.31. The Bertz CT molecular complexity index is 935. The number of carbonyl (C=O) groups excluding carboxylic acids is 1. The molecule has 0 saturated carbocycles. The Kier molecular flexibility index (Phi) is 4.88. The number of likely N-dealkylation sites (tertiary alicyclic amines) is 1. The van der Waals surface area contributed by atoms with Crippen LogP contribution in [0.25, 0.3) is 11.0 Å². The zero-order chi connectivity index (χ0) is 18.8. The summed E-state index contributed by atoms with van der Waals surface area (Å²) < 4.78 is 7.74. The first kappa shape index (κ1) is 17.6. The van der Waals surface area contributed by atoms with E-state index in [2.05, 4.69) is 23.5 Å². The molecular weight excluding hydrogens is 340 g/mol. The van der Waals surface area contributed by atoms with Crippen LogP contribution in [-0.2, 0) is 13.1 Å². The molecule has 27 heavy (non-hydrogen) atoms. The zero-order valence-electron chi connectivity index (χ0n) is 15.9. The first-order chi connectivity index (χ1) is 13.2. The number of fused-ring (bicyclic) bond motifs is 1. The summed E-state index contributed by atoms with van der Waals surface area (Å²) in [7, 11) is 0. The van der Waals surface area contributed by atoms with Gasteiger partial charge in [0.1, 0.15) is 11.3 Å². The summed E-state index contributed by atoms with van der Waals surface area (Å²) in [4.78, 5) is 14.5. The zero-order valence-corrected chi connectivity index (χ0v) is 15.9. The van der Waals surface area contributed by atoms with Crippen molar-refractivity contribution in [1.29, 1.82) is 0 Å². The van der Waals surface area contributed by atoms with Crippen molar-refractivity contribution in [3.8, 4) is 0 Å². The van der Waals surface area contributed by atoms with Gasteiger partial charge in [-0.3, -0.25) is 4.68 Å². The van der Waals surface area contributed by atoms with Crippen LogP contribution in [0.3, 0.4) is 0 Å². The molecule has 1 fully saturated rings. The highest BCUT2D eigenvalue weighted by atomic mass is 16.3. The van der Waals surface area contributed by atoms with Gasteiger partial charge in [-0.1, -0.05) is 18.2 Å². The molecule has 4 rings (SSSR count). The number of amides is 2. The van der Waals surface area contributed by atoms with Crippen molar-refractivity contribution < 1.29 is 9.21 Å². The maximum absolute atomic E-state index is 12.6. The highest BCUT2D eigenvalue weighted by Gasteiger charge is 2.25. The fraction of sp³-hybridized carbons (Fsp3) is 0.429. The number of hydrogen-bond donors (Lipinski definition) is 1. The number of urea groups is 1. The molecule has 1 saturated heterocycles. The summed E-state index contributed by atoms with van der Waals surface area (Å²) in [6.07, 6.45) is 6.07. The second-order valence-electron chi connectivity index (χ2n) is 7.18. The van der Waals surface area contributed by atoms with Crippen molar-refractivity contribution in [3.05, 3.63) is 53.5 Å². The van der Waals surface area contributed by atoms with Crippen LogP contribution in [0.4, 0.5) is 4.79 Å². The molecule has 1 aromatic carbocycles. The van der Waals surface area contributed by atoms with Crippen molar-refractivity contribution in [3.63, 3.8) is 0 Å². The van der Waals surface area contributed by atoms with Gasteiger partial charge in [0.25, 0.3) is 0 Å². The Labute approximate surface area is 159 Å². The number of rotatable bonds is 4. The summed E-state index contributed by atoms with van der Waals surface area (Å²) >= 11 is 0. The fourth-order valence-corrected chi connectivity index (χ4v) is 3.90. The molecule has 2 aromatic heterocycles. The number of carbonyl (C=O) groups is 1. The van der Waals surface area contributed by atoms with Crippen molar-refractivity contribution in [2.45, 2.75) is 45.7 Å². The van der Waals surface area contributed by atoms with Crippen molar-refractivity contribution in [2.24, 2.45) is 0 Å². The Morgan fingerprint density at radius 3 is 2.81 bits per heavy atom. The molecule has 0 aliphatic carbocycles. The van der Waals surface area contributed by atoms with Crippen LogP contribution >= 0.6 is 0 Å². The second kappa shape index (κ2) is 7.47. The first-order valence-electron chi connectivity index (χ1n) is 9.68. The minimum Gasteiger partial charge on any atom is -0.461 e. The second-order valence-corrected chi connectivity index (χ2v) is 7.18. The number of benzene rings is 1. The van der Waals surface area contributed by atoms with E-state index in [9.17, 15) is 4.79 Å². The van der Waals surface area contributed by atoms with Gasteiger partial charge in [-0.25, -0.2) is 4.79 Å². The molecule has 142 valence electrons. The molecule has 1 aliphatic rings. The fourth-order valence-electron chi connectivity index (χ4n) is 3.90. The number of nitrogens with one attached hydrogen (secondary N) is 1. The van der Waals surface area contributed by atoms with Gasteiger partial charge >= 0.3 is 6.03 Å². The average molecular weight is 366 g/mol. The number of hydrogen-bond acceptors (Lipinski definition) is 3. The average Bonchev–Trinajstić information content (AvgIpc) is 3.30. The molecule has 0 unspecified atom stereocenters. The van der Waals surface area contributed by atoms with E-state index in [1.54, 1.807) is 0 Å². The number of aryl methyl sites for hydroxylation is 2. The molecule has 2 amide bonds. The summed E-state index contributed by atoms with van der Waals surface area (Å²) in [6.45, 7) is 6.98. The van der Waals surface area contributed by atoms with Gasteiger partial charge in [0.15, 0.2) is 0 Å². The molecule has 1 N–H and O–H groups in total. The smallest absolute Gasteiger partial charge is 0.317 e. The number of nitrogens with zero attached hydrogens (tertiary/aromatic N) is 3. The maximum Gasteiger partial charge on any atom is 0.317 e. The molecule has 0 radical (unpaired) electrons. The quantitative estimate of drug-likeness (QED) is 0.758. The van der Waals surface area contributed by atoms with Crippen LogP contribution in [0.1, 0.15) is 42.6 Å². The highest BCUT2D eigenvalue weighted by Crippen LogP contribution is 2.28. The predicted molar refractivity (Wildman–Crippen MR) is 105 cm³/mol. The van der Waals surface area contributed by atoms with Crippen LogP contribution in [0.15, 0.2) is 41.1 Å². The molecule has 1 aliphatic heterocycles. The van der Waals surface area contributed by atoms with Crippen LogP contribution in [0.2, 0.25) is 0 Å². The summed E-state index contributed by atoms with van der Waals surface area (Å²) in [5, 5.41) is 8.51. The third kappa shape index (κ3) is 3.56. The van der Waals surface area contributed by atoms with Gasteiger partial charge in [-0.05, 0) is 44.2 Å². The standard InChI is InChI=1S/C21H26N4O2/c1-3-25-14-17(12-23-25)16-8-10-24(11-9-16)21(26)22-13-19-15(2)27-20-7-5-4-6-18(19)20/h4-7,12,14,16H,3,8-11,13H2,1-2H3,(H,22,26). The molecule has 0 bridgehead atoms. The minimum atomic E-state index is 0.00221. The van der Waals surface area contributed by atoms with E-state index in [4.69, 9.17) is 4.42 Å². The van der Waals surface area contributed by atoms with Gasteiger partial charge in [-0.15, -0.1) is 0 Å². The highest BCUT2D eigenvalue weighted by molar-refractivity contribution is 5.83. The van der Waals surface area contributed by atoms with Crippen LogP contribution in [-0.4, -0.2) is 33.8 Å². The molecule has 3 heterocycles. The van der Waals surface area contributed by atoms with Crippen LogP contribution in [0.5, 0.6) is 0 Å². The Balaban J connectivity index is 1.33. The van der Waals surface area contributed by atoms with E-state index in [-0.39, 0.29) is 6.03 Å². The summed E-state index contributed by atoms with van der Waals surface area (Å²) in [5.74, 6) is 1.36. The first-order valence-corrected chi connectivity index (χ1v) is 9.68. The van der Waals surface area contributed by atoms with Crippen molar-refractivity contribution in [2.75, 3.05) is 13.1 Å². The number of furan rings is 1. The van der Waals surface area contributed by atoms with E-state index in [1.165, 1.54) is 5.56 Å². The third-order valence-electron chi connectivity index (χ3n) is 5.55. The van der Waals surface area contributed by atoms with Gasteiger partial charge in [-0.2, -0.15) is 5.10 Å². The summed E-state index contributed by atoms with van der Waals surface area (Å²) in [6, 6.07) is 7.95. The van der Waals surface area contributed by atoms with Gasteiger partial charge in [0, 0.05) is 43.3 Å². The van der Waals surface area contributed by atoms with E-state index in [1.807, 2.05) is 47.0 Å². The minimum absolute atomic E-state index is 0.00221. The summed E-state index contributed by atoms with van der Waals surface area (Å²) in [5.41, 5.74) is 3.21. The number of piperidine rings is 1. The SMILES string of the molecule is CCn1cc(C2CCN(C(=O)NCc3c(C)oc4ccccc34)CC2)cn1. The number of aromatic nitrogens is 2.